The van der Waals surface area contributed by atoms with E-state index in [1.165, 1.54) is 204 Å². The minimum absolute atomic E-state index is 0.0641. The lowest BCUT2D eigenvalue weighted by molar-refractivity contribution is 1.18. The number of fused-ring (bicyclic) bond motifs is 21. The first-order valence-corrected chi connectivity index (χ1v) is 32.8. The van der Waals surface area contributed by atoms with Crippen LogP contribution >= 0.6 is 0 Å². The van der Waals surface area contributed by atoms with Crippen LogP contribution in [0.3, 0.4) is 0 Å². The third-order valence-electron chi connectivity index (χ3n) is 22.7. The van der Waals surface area contributed by atoms with Crippen molar-refractivity contribution >= 4 is 202 Å². The Balaban J connectivity index is 0.757. The second-order valence-corrected chi connectivity index (χ2v) is 27.0. The molecule has 0 amide bonds. The van der Waals surface area contributed by atoms with Crippen molar-refractivity contribution in [3.8, 4) is 22.3 Å². The fraction of sp³-hybridized carbons (Fsp3) is 0.0714. The number of benzene rings is 15. The molecule has 6 aliphatic rings. The largest absolute Gasteiger partial charge is 0.345 e. The summed E-state index contributed by atoms with van der Waals surface area (Å²) >= 11 is 0. The van der Waals surface area contributed by atoms with E-state index in [4.69, 9.17) is 0 Å². The highest BCUT2D eigenvalue weighted by Crippen LogP contribution is 2.47. The van der Waals surface area contributed by atoms with Gasteiger partial charge in [-0.1, -0.05) is 170 Å². The maximum atomic E-state index is 2.54. The lowest BCUT2D eigenvalue weighted by Gasteiger charge is -2.44. The summed E-state index contributed by atoms with van der Waals surface area (Å²) in [5, 5.41) is 15.2. The quantitative estimate of drug-likeness (QED) is 0.160. The molecule has 0 fully saturated rings. The lowest BCUT2D eigenvalue weighted by atomic mass is 9.32. The zero-order valence-corrected chi connectivity index (χ0v) is 52.6. The Morgan fingerprint density at radius 2 is 0.602 bits per heavy atom. The van der Waals surface area contributed by atoms with E-state index in [9.17, 15) is 0 Å². The van der Waals surface area contributed by atoms with Gasteiger partial charge in [-0.05, 0) is 209 Å². The molecule has 0 unspecified atom stereocenters. The summed E-state index contributed by atoms with van der Waals surface area (Å²) in [7, 11) is 13.7. The molecule has 6 nitrogen and oxygen atoms in total. The molecule has 6 heterocycles. The van der Waals surface area contributed by atoms with Crippen molar-refractivity contribution in [2.24, 2.45) is 0 Å². The fourth-order valence-electron chi connectivity index (χ4n) is 18.4. The molecule has 434 valence electrons. The highest BCUT2D eigenvalue weighted by Gasteiger charge is 2.47. The molecule has 0 aliphatic carbocycles. The topological polar surface area (TPSA) is 19.4 Å². The molecule has 0 aromatic heterocycles. The Morgan fingerprint density at radius 3 is 1.19 bits per heavy atom. The smallest absolute Gasteiger partial charge is 0.253 e. The highest BCUT2D eigenvalue weighted by molar-refractivity contribution is 7.03. The molecule has 21 rings (SSSR count). The monoisotopic (exact) mass is 1180 g/mol. The Kier molecular flexibility index (Phi) is 10.1. The van der Waals surface area contributed by atoms with Crippen molar-refractivity contribution in [3.63, 3.8) is 0 Å². The Bertz CT molecular complexity index is 5840. The molecule has 9 heteroatoms. The van der Waals surface area contributed by atoms with Gasteiger partial charge in [-0.25, -0.2) is 0 Å². The van der Waals surface area contributed by atoms with Crippen LogP contribution in [0.5, 0.6) is 0 Å². The van der Waals surface area contributed by atoms with Gasteiger partial charge in [0.05, 0.1) is 0 Å². The van der Waals surface area contributed by atoms with Gasteiger partial charge in [0.2, 0.25) is 0 Å². The van der Waals surface area contributed by atoms with Gasteiger partial charge < -0.3 is 29.4 Å². The fourth-order valence-corrected chi connectivity index (χ4v) is 18.4. The van der Waals surface area contributed by atoms with Gasteiger partial charge in [-0.2, -0.15) is 0 Å². The van der Waals surface area contributed by atoms with Crippen molar-refractivity contribution in [1.29, 1.82) is 0 Å². The van der Waals surface area contributed by atoms with Crippen molar-refractivity contribution in [1.82, 2.24) is 0 Å². The van der Waals surface area contributed by atoms with E-state index in [1.807, 2.05) is 0 Å². The first-order chi connectivity index (χ1) is 45.6. The standard InChI is InChI=1S/C84H59B3N6/c1-88-67-24-15-25-68-81(67)86(66-42-52-19-9-12-22-55(52)45-75(66)90(68)3)78-61-32-28-58(38-57(61)31-36-69(78)88)62-33-37-72-83-84(62)93(6)71-35-30-49-26-27-56(39-63(49)80(71)87(83)79-60-23-14-13-16-48(60)29-34-70(79)89(72)2)59-46-76-82-77(47-59)92(5)74-44-54-21-11-8-18-51(54)41-65(74)85(82)64-40-50-17-7-10-20-53(50)43-73(64)91(76)4/h7-47H,1-6H3. The average molecular weight is 1180 g/mol. The second-order valence-electron chi connectivity index (χ2n) is 27.0. The molecule has 15 aromatic carbocycles. The van der Waals surface area contributed by atoms with Gasteiger partial charge in [0, 0.05) is 116 Å². The number of hydrogen-bond acceptors (Lipinski definition) is 6. The molecule has 0 N–H and O–H groups in total. The minimum Gasteiger partial charge on any atom is -0.345 e. The van der Waals surface area contributed by atoms with Gasteiger partial charge in [0.1, 0.15) is 0 Å². The third kappa shape index (κ3) is 6.75. The normalized spacial score (nSPS) is 14.4. The average Bonchev–Trinajstić information content (AvgIpc) is 0.709. The van der Waals surface area contributed by atoms with Gasteiger partial charge in [-0.3, -0.25) is 0 Å². The molecule has 0 bridgehead atoms. The van der Waals surface area contributed by atoms with Gasteiger partial charge in [-0.15, -0.1) is 0 Å². The second kappa shape index (κ2) is 18.3. The van der Waals surface area contributed by atoms with Crippen molar-refractivity contribution in [2.75, 3.05) is 71.7 Å². The van der Waals surface area contributed by atoms with E-state index < -0.39 is 0 Å². The molecule has 0 atom stereocenters. The summed E-state index contributed by atoms with van der Waals surface area (Å²) in [5.74, 6) is 0. The maximum absolute atomic E-state index is 2.54. The summed E-state index contributed by atoms with van der Waals surface area (Å²) in [6, 6.07) is 95.8. The molecule has 15 aromatic rings. The van der Waals surface area contributed by atoms with Crippen LogP contribution in [0.15, 0.2) is 249 Å². The Hall–Kier alpha value is -11.1. The van der Waals surface area contributed by atoms with E-state index in [-0.39, 0.29) is 20.1 Å². The third-order valence-corrected chi connectivity index (χ3v) is 22.7. The molecule has 0 saturated carbocycles. The highest BCUT2D eigenvalue weighted by atomic mass is 15.2. The summed E-state index contributed by atoms with van der Waals surface area (Å²) in [5.41, 5.74) is 32.1. The van der Waals surface area contributed by atoms with Crippen molar-refractivity contribution in [3.05, 3.63) is 249 Å². The molecular formula is C84H59B3N6. The molecule has 93 heavy (non-hydrogen) atoms. The van der Waals surface area contributed by atoms with Crippen molar-refractivity contribution < 1.29 is 0 Å². The number of anilines is 12. The van der Waals surface area contributed by atoms with Crippen molar-refractivity contribution in [2.45, 2.75) is 0 Å². The van der Waals surface area contributed by atoms with E-state index >= 15 is 0 Å². The Morgan fingerprint density at radius 1 is 0.204 bits per heavy atom. The van der Waals surface area contributed by atoms with E-state index in [0.29, 0.717) is 0 Å². The van der Waals surface area contributed by atoms with Crippen LogP contribution < -0.4 is 78.6 Å². The molecular weight excluding hydrogens is 1130 g/mol. The first-order valence-electron chi connectivity index (χ1n) is 32.8. The number of rotatable bonds is 2. The van der Waals surface area contributed by atoms with E-state index in [2.05, 4.69) is 320 Å². The zero-order valence-electron chi connectivity index (χ0n) is 52.6. The van der Waals surface area contributed by atoms with Crippen LogP contribution in [0.2, 0.25) is 0 Å². The van der Waals surface area contributed by atoms with E-state index in [1.54, 1.807) is 0 Å². The molecule has 0 spiro atoms. The SMILES string of the molecule is CN1c2cc3ccccc3cc2B2c3cc4ccccc4cc3N(C)c3cc(-c4ccc5ccc6c(c5c4)B4c5c(ccc(-c7ccc8c9c(ccc8c7)N(C)c7cccc8c7B9c7cc9ccccc9cc7N8C)c5N6C)N(C)c5ccc6ccccc6c54)cc1c32. The Labute approximate surface area is 541 Å². The zero-order chi connectivity index (χ0) is 61.5. The summed E-state index contributed by atoms with van der Waals surface area (Å²) in [4.78, 5) is 14.8. The van der Waals surface area contributed by atoms with Crippen LogP contribution in [-0.2, 0) is 0 Å². The van der Waals surface area contributed by atoms with Crippen LogP contribution in [0, 0.1) is 0 Å². The van der Waals surface area contributed by atoms with Crippen LogP contribution in [0.4, 0.5) is 68.2 Å². The van der Waals surface area contributed by atoms with Gasteiger partial charge >= 0.3 is 0 Å². The van der Waals surface area contributed by atoms with Gasteiger partial charge in [0.15, 0.2) is 0 Å². The molecule has 0 saturated heterocycles. The first kappa shape index (κ1) is 51.6. The summed E-state index contributed by atoms with van der Waals surface area (Å²) < 4.78 is 0. The lowest BCUT2D eigenvalue weighted by Crippen LogP contribution is -2.62. The predicted molar refractivity (Wildman–Crippen MR) is 403 cm³/mol. The molecule has 6 aliphatic heterocycles. The summed E-state index contributed by atoms with van der Waals surface area (Å²) in [6.45, 7) is 0.0559. The number of hydrogen-bond donors (Lipinski definition) is 0. The maximum Gasteiger partial charge on any atom is 0.253 e. The van der Waals surface area contributed by atoms with E-state index in [0.717, 1.165) is 0 Å². The number of nitrogens with zero attached hydrogens (tertiary/aromatic N) is 6. The predicted octanol–water partition coefficient (Wildman–Crippen LogP) is 14.0. The van der Waals surface area contributed by atoms with Crippen LogP contribution in [-0.4, -0.2) is 62.4 Å². The summed E-state index contributed by atoms with van der Waals surface area (Å²) in [6.07, 6.45) is 0. The minimum atomic E-state index is -0.0735. The molecule has 0 radical (unpaired) electrons. The van der Waals surface area contributed by atoms with Crippen LogP contribution in [0.25, 0.3) is 86.9 Å². The van der Waals surface area contributed by atoms with Gasteiger partial charge in [0.25, 0.3) is 20.1 Å². The van der Waals surface area contributed by atoms with Crippen LogP contribution in [0.1, 0.15) is 0 Å².